The van der Waals surface area contributed by atoms with Gasteiger partial charge in [0.1, 0.15) is 12.4 Å². The maximum absolute atomic E-state index is 13.1. The van der Waals surface area contributed by atoms with E-state index in [0.29, 0.717) is 42.5 Å². The van der Waals surface area contributed by atoms with Gasteiger partial charge in [-0.25, -0.2) is 4.39 Å². The molecule has 9 heteroatoms. The van der Waals surface area contributed by atoms with E-state index in [4.69, 9.17) is 11.6 Å². The van der Waals surface area contributed by atoms with E-state index >= 15 is 0 Å². The zero-order valence-corrected chi connectivity index (χ0v) is 19.9. The van der Waals surface area contributed by atoms with Crippen LogP contribution in [0.5, 0.6) is 0 Å². The normalized spacial score (nSPS) is 15.7. The van der Waals surface area contributed by atoms with Gasteiger partial charge in [0.05, 0.1) is 5.69 Å². The molecule has 2 fully saturated rings. The van der Waals surface area contributed by atoms with Crippen molar-refractivity contribution in [2.75, 3.05) is 37.6 Å². The molecular weight excluding hydrogens is 469 g/mol. The van der Waals surface area contributed by atoms with Gasteiger partial charge in [0.25, 0.3) is 5.91 Å². The van der Waals surface area contributed by atoms with Gasteiger partial charge in [-0.2, -0.15) is 0 Å². The first-order valence-corrected chi connectivity index (χ1v) is 12.0. The highest BCUT2D eigenvalue weighted by molar-refractivity contribution is 6.30. The first-order chi connectivity index (χ1) is 17.0. The van der Waals surface area contributed by atoms with Gasteiger partial charge in [-0.05, 0) is 73.5 Å². The maximum Gasteiger partial charge on any atom is 0.254 e. The third-order valence-corrected chi connectivity index (χ3v) is 6.64. The van der Waals surface area contributed by atoms with Gasteiger partial charge in [0.15, 0.2) is 5.82 Å². The Balaban J connectivity index is 1.17. The molecule has 0 unspecified atom stereocenters. The number of nitrogens with zero attached hydrogens (tertiary/aromatic N) is 5. The average molecular weight is 494 g/mol. The molecule has 3 aromatic rings. The number of amides is 2. The first-order valence-electron chi connectivity index (χ1n) is 11.7. The summed E-state index contributed by atoms with van der Waals surface area (Å²) in [5.74, 6) is 0.269. The molecule has 1 aliphatic heterocycles. The van der Waals surface area contributed by atoms with Gasteiger partial charge in [-0.1, -0.05) is 11.6 Å². The summed E-state index contributed by atoms with van der Waals surface area (Å²) < 4.78 is 13.1. The van der Waals surface area contributed by atoms with Gasteiger partial charge >= 0.3 is 0 Å². The van der Waals surface area contributed by atoms with Crippen LogP contribution in [0.15, 0.2) is 60.7 Å². The fraction of sp³-hybridized carbons (Fsp3) is 0.308. The molecule has 2 aromatic carbocycles. The van der Waals surface area contributed by atoms with Crippen LogP contribution in [-0.4, -0.2) is 70.6 Å². The van der Waals surface area contributed by atoms with Gasteiger partial charge in [-0.15, -0.1) is 10.2 Å². The average Bonchev–Trinajstić information content (AvgIpc) is 3.73. The molecule has 1 saturated carbocycles. The van der Waals surface area contributed by atoms with Crippen LogP contribution in [0.25, 0.3) is 11.3 Å². The van der Waals surface area contributed by atoms with E-state index in [0.717, 1.165) is 24.2 Å². The number of hydrogen-bond acceptors (Lipinski definition) is 5. The Hall–Kier alpha value is -3.52. The fourth-order valence-electron chi connectivity index (χ4n) is 4.21. The van der Waals surface area contributed by atoms with Gasteiger partial charge in [0, 0.05) is 48.4 Å². The topological polar surface area (TPSA) is 69.6 Å². The molecule has 1 saturated heterocycles. The molecule has 0 bridgehead atoms. The third-order valence-electron chi connectivity index (χ3n) is 6.39. The molecule has 180 valence electrons. The van der Waals surface area contributed by atoms with Crippen LogP contribution in [-0.2, 0) is 4.79 Å². The lowest BCUT2D eigenvalue weighted by atomic mass is 10.1. The fourth-order valence-corrected chi connectivity index (χ4v) is 4.34. The van der Waals surface area contributed by atoms with Crippen molar-refractivity contribution in [3.63, 3.8) is 0 Å². The van der Waals surface area contributed by atoms with Crippen LogP contribution < -0.4 is 4.90 Å². The minimum Gasteiger partial charge on any atom is -0.352 e. The Bertz CT molecular complexity index is 1190. The minimum atomic E-state index is -0.291. The van der Waals surface area contributed by atoms with Crippen LogP contribution in [0, 0.1) is 5.82 Å². The molecule has 0 N–H and O–H groups in total. The molecule has 2 aliphatic rings. The number of benzene rings is 2. The van der Waals surface area contributed by atoms with Gasteiger partial charge in [-0.3, -0.25) is 9.59 Å². The molecule has 0 spiro atoms. The second kappa shape index (κ2) is 10.00. The summed E-state index contributed by atoms with van der Waals surface area (Å²) in [4.78, 5) is 31.6. The van der Waals surface area contributed by atoms with Crippen LogP contribution >= 0.6 is 11.6 Å². The van der Waals surface area contributed by atoms with E-state index in [2.05, 4.69) is 15.1 Å². The second-order valence-electron chi connectivity index (χ2n) is 8.82. The zero-order valence-electron chi connectivity index (χ0n) is 19.1. The molecule has 7 nitrogen and oxygen atoms in total. The Morgan fingerprint density at radius 3 is 2.20 bits per heavy atom. The highest BCUT2D eigenvalue weighted by atomic mass is 35.5. The number of piperazine rings is 1. The predicted octanol–water partition coefficient (Wildman–Crippen LogP) is 3.89. The summed E-state index contributed by atoms with van der Waals surface area (Å²) >= 11 is 5.94. The third kappa shape index (κ3) is 5.43. The van der Waals surface area contributed by atoms with Crippen molar-refractivity contribution >= 4 is 29.2 Å². The molecule has 2 heterocycles. The maximum atomic E-state index is 13.1. The molecule has 5 rings (SSSR count). The van der Waals surface area contributed by atoms with E-state index in [9.17, 15) is 14.0 Å². The Labute approximate surface area is 208 Å². The van der Waals surface area contributed by atoms with Crippen molar-refractivity contribution in [2.24, 2.45) is 0 Å². The van der Waals surface area contributed by atoms with Crippen molar-refractivity contribution in [1.29, 1.82) is 0 Å². The Kier molecular flexibility index (Phi) is 6.63. The largest absolute Gasteiger partial charge is 0.352 e. The highest BCUT2D eigenvalue weighted by Gasteiger charge is 2.35. The Morgan fingerprint density at radius 1 is 0.914 bits per heavy atom. The lowest BCUT2D eigenvalue weighted by Crippen LogP contribution is -2.52. The number of anilines is 1. The van der Waals surface area contributed by atoms with E-state index in [1.165, 1.54) is 12.1 Å². The van der Waals surface area contributed by atoms with Crippen LogP contribution in [0.4, 0.5) is 10.2 Å². The zero-order chi connectivity index (χ0) is 24.4. The lowest BCUT2D eigenvalue weighted by Gasteiger charge is -2.36. The van der Waals surface area contributed by atoms with Gasteiger partial charge in [0.2, 0.25) is 5.91 Å². The number of carbonyl (C=O) groups excluding carboxylic acids is 2. The number of aromatic nitrogens is 2. The standard InChI is InChI=1S/C26H25ClFN5O2/c27-20-5-1-19(2-6-20)26(35)33(22-9-10-22)17-25(34)32-15-13-31(14-16-32)24-12-11-23(29-30-24)18-3-7-21(28)8-4-18/h1-8,11-12,22H,9-10,13-17H2. The number of halogens is 2. The van der Waals surface area contributed by atoms with Crippen molar-refractivity contribution in [2.45, 2.75) is 18.9 Å². The number of rotatable bonds is 6. The van der Waals surface area contributed by atoms with Crippen molar-refractivity contribution in [1.82, 2.24) is 20.0 Å². The summed E-state index contributed by atoms with van der Waals surface area (Å²) in [6.07, 6.45) is 1.85. The van der Waals surface area contributed by atoms with Gasteiger partial charge < -0.3 is 14.7 Å². The van der Waals surface area contributed by atoms with Crippen LogP contribution in [0.1, 0.15) is 23.2 Å². The summed E-state index contributed by atoms with van der Waals surface area (Å²) in [7, 11) is 0. The quantitative estimate of drug-likeness (QED) is 0.521. The smallest absolute Gasteiger partial charge is 0.254 e. The Morgan fingerprint density at radius 2 is 1.60 bits per heavy atom. The molecular formula is C26H25ClFN5O2. The monoisotopic (exact) mass is 493 g/mol. The molecule has 0 atom stereocenters. The van der Waals surface area contributed by atoms with Crippen molar-refractivity contribution < 1.29 is 14.0 Å². The van der Waals surface area contributed by atoms with E-state index < -0.39 is 0 Å². The lowest BCUT2D eigenvalue weighted by molar-refractivity contribution is -0.132. The van der Waals surface area contributed by atoms with Crippen molar-refractivity contribution in [3.8, 4) is 11.3 Å². The van der Waals surface area contributed by atoms with Crippen molar-refractivity contribution in [3.05, 3.63) is 77.1 Å². The molecule has 1 aromatic heterocycles. The number of carbonyl (C=O) groups is 2. The highest BCUT2D eigenvalue weighted by Crippen LogP contribution is 2.29. The SMILES string of the molecule is O=C(CN(C(=O)c1ccc(Cl)cc1)C1CC1)N1CCN(c2ccc(-c3ccc(F)cc3)nn2)CC1. The minimum absolute atomic E-state index is 0.0448. The summed E-state index contributed by atoms with van der Waals surface area (Å²) in [5.41, 5.74) is 2.02. The molecule has 35 heavy (non-hydrogen) atoms. The van der Waals surface area contributed by atoms with Crippen LogP contribution in [0.3, 0.4) is 0 Å². The van der Waals surface area contributed by atoms with Crippen LogP contribution in [0.2, 0.25) is 5.02 Å². The number of hydrogen-bond donors (Lipinski definition) is 0. The van der Waals surface area contributed by atoms with E-state index in [1.807, 2.05) is 12.1 Å². The molecule has 0 radical (unpaired) electrons. The molecule has 2 amide bonds. The predicted molar refractivity (Wildman–Crippen MR) is 132 cm³/mol. The van der Waals surface area contributed by atoms with E-state index in [1.54, 1.807) is 46.2 Å². The van der Waals surface area contributed by atoms with E-state index in [-0.39, 0.29) is 30.2 Å². The summed E-state index contributed by atoms with van der Waals surface area (Å²) in [5, 5.41) is 9.18. The molecule has 1 aliphatic carbocycles. The first kappa shape index (κ1) is 23.2. The summed E-state index contributed by atoms with van der Waals surface area (Å²) in [6.45, 7) is 2.44. The second-order valence-corrected chi connectivity index (χ2v) is 9.26. The summed E-state index contributed by atoms with van der Waals surface area (Å²) in [6, 6.07) is 16.8.